The van der Waals surface area contributed by atoms with Gasteiger partial charge in [-0.3, -0.25) is 14.4 Å². The lowest BCUT2D eigenvalue weighted by molar-refractivity contribution is -0.124. The van der Waals surface area contributed by atoms with E-state index in [1.165, 1.54) is 0 Å². The molecule has 0 heterocycles. The first-order valence-corrected chi connectivity index (χ1v) is 11.3. The molecule has 0 aromatic carbocycles. The zero-order chi connectivity index (χ0) is 21.2. The zero-order valence-electron chi connectivity index (χ0n) is 18.1. The normalized spacial score (nSPS) is 27.1. The van der Waals surface area contributed by atoms with Gasteiger partial charge in [0.25, 0.3) is 0 Å². The molecular formula is C23H38N2O4. The molecule has 2 aliphatic rings. The quantitative estimate of drug-likeness (QED) is 0.430. The Balaban J connectivity index is 1.52. The number of hydrogen-bond donors (Lipinski definition) is 2. The lowest BCUT2D eigenvalue weighted by Gasteiger charge is -2.29. The first-order valence-electron chi connectivity index (χ1n) is 11.3. The summed E-state index contributed by atoms with van der Waals surface area (Å²) < 4.78 is 5.93. The van der Waals surface area contributed by atoms with E-state index in [1.54, 1.807) is 6.92 Å². The van der Waals surface area contributed by atoms with Crippen LogP contribution in [0.1, 0.15) is 84.5 Å². The summed E-state index contributed by atoms with van der Waals surface area (Å²) in [5.41, 5.74) is 0.546. The highest BCUT2D eigenvalue weighted by Crippen LogP contribution is 2.26. The predicted molar refractivity (Wildman–Crippen MR) is 113 cm³/mol. The molecule has 0 aromatic heterocycles. The van der Waals surface area contributed by atoms with Crippen LogP contribution in [-0.2, 0) is 19.1 Å². The summed E-state index contributed by atoms with van der Waals surface area (Å²) >= 11 is 0. The third-order valence-electron chi connectivity index (χ3n) is 6.19. The first kappa shape index (κ1) is 23.6. The maximum absolute atomic E-state index is 12.2. The van der Waals surface area contributed by atoms with Gasteiger partial charge in [-0.15, -0.1) is 0 Å². The van der Waals surface area contributed by atoms with Crippen molar-refractivity contribution in [1.29, 1.82) is 0 Å². The van der Waals surface area contributed by atoms with Crippen molar-refractivity contribution in [2.75, 3.05) is 6.61 Å². The molecule has 0 aromatic rings. The van der Waals surface area contributed by atoms with E-state index in [2.05, 4.69) is 17.2 Å². The van der Waals surface area contributed by atoms with Crippen molar-refractivity contribution in [3.63, 3.8) is 0 Å². The van der Waals surface area contributed by atoms with Gasteiger partial charge >= 0.3 is 0 Å². The molecule has 6 nitrogen and oxygen atoms in total. The van der Waals surface area contributed by atoms with E-state index in [0.29, 0.717) is 30.8 Å². The van der Waals surface area contributed by atoms with Crippen LogP contribution >= 0.6 is 0 Å². The van der Waals surface area contributed by atoms with Crippen molar-refractivity contribution in [2.45, 2.75) is 103 Å². The van der Waals surface area contributed by atoms with E-state index in [-0.39, 0.29) is 35.9 Å². The number of ketones is 1. The molecule has 0 unspecified atom stereocenters. The van der Waals surface area contributed by atoms with Crippen LogP contribution in [0.3, 0.4) is 0 Å². The molecule has 2 fully saturated rings. The second kappa shape index (κ2) is 12.1. The molecule has 0 radical (unpaired) electrons. The first-order chi connectivity index (χ1) is 13.9. The molecule has 2 saturated carbocycles. The van der Waals surface area contributed by atoms with Gasteiger partial charge in [-0.05, 0) is 64.7 Å². The van der Waals surface area contributed by atoms with Crippen molar-refractivity contribution in [1.82, 2.24) is 10.6 Å². The second-order valence-corrected chi connectivity index (χ2v) is 8.64. The number of ether oxygens (including phenoxy) is 1. The van der Waals surface area contributed by atoms with Gasteiger partial charge in [0.15, 0.2) is 0 Å². The standard InChI is InChI=1S/C23H38N2O4/c1-4-21(26)17-7-9-18(10-8-17)24-22(27)6-5-15-29-20-13-11-19(12-14-20)25-23(28)16(2)3/h17-20H,2,4-15H2,1,3H3,(H,24,27)(H,25,28)/t17-,18+,19-,20+. The van der Waals surface area contributed by atoms with Crippen LogP contribution in [0.5, 0.6) is 0 Å². The van der Waals surface area contributed by atoms with Crippen molar-refractivity contribution in [2.24, 2.45) is 5.92 Å². The Hall–Kier alpha value is -1.69. The molecule has 2 aliphatic carbocycles. The fraction of sp³-hybridized carbons (Fsp3) is 0.783. The SMILES string of the molecule is C=C(C)C(=O)N[C@H]1CC[C@@H](OCCCC(=O)N[C@H]2CC[C@@H](C(=O)CC)CC2)CC1. The largest absolute Gasteiger partial charge is 0.378 e. The van der Waals surface area contributed by atoms with Gasteiger partial charge in [0.05, 0.1) is 6.10 Å². The van der Waals surface area contributed by atoms with Crippen LogP contribution in [-0.4, -0.2) is 42.4 Å². The molecule has 6 heteroatoms. The third-order valence-corrected chi connectivity index (χ3v) is 6.19. The average molecular weight is 407 g/mol. The Bertz CT molecular complexity index is 573. The van der Waals surface area contributed by atoms with Crippen LogP contribution in [0.15, 0.2) is 12.2 Å². The monoisotopic (exact) mass is 406 g/mol. The van der Waals surface area contributed by atoms with Crippen LogP contribution in [0.4, 0.5) is 0 Å². The van der Waals surface area contributed by atoms with Gasteiger partial charge in [-0.2, -0.15) is 0 Å². The summed E-state index contributed by atoms with van der Waals surface area (Å²) in [7, 11) is 0. The summed E-state index contributed by atoms with van der Waals surface area (Å²) in [5, 5.41) is 6.12. The van der Waals surface area contributed by atoms with Crippen LogP contribution in [0, 0.1) is 5.92 Å². The van der Waals surface area contributed by atoms with Gasteiger partial charge < -0.3 is 15.4 Å². The molecule has 2 amide bonds. The van der Waals surface area contributed by atoms with Gasteiger partial charge in [0.2, 0.25) is 11.8 Å². The second-order valence-electron chi connectivity index (χ2n) is 8.64. The minimum atomic E-state index is -0.0640. The Morgan fingerprint density at radius 1 is 0.931 bits per heavy atom. The minimum absolute atomic E-state index is 0.0640. The summed E-state index contributed by atoms with van der Waals surface area (Å²) in [4.78, 5) is 35.6. The summed E-state index contributed by atoms with van der Waals surface area (Å²) in [6, 6.07) is 0.432. The van der Waals surface area contributed by atoms with Crippen LogP contribution < -0.4 is 10.6 Å². The predicted octanol–water partition coefficient (Wildman–Crippen LogP) is 3.44. The molecule has 2 rings (SSSR count). The molecule has 0 saturated heterocycles. The number of hydrogen-bond acceptors (Lipinski definition) is 4. The van der Waals surface area contributed by atoms with E-state index in [4.69, 9.17) is 4.74 Å². The molecule has 29 heavy (non-hydrogen) atoms. The van der Waals surface area contributed by atoms with Gasteiger partial charge in [-0.1, -0.05) is 13.5 Å². The Morgan fingerprint density at radius 3 is 2.10 bits per heavy atom. The maximum Gasteiger partial charge on any atom is 0.246 e. The van der Waals surface area contributed by atoms with Gasteiger partial charge in [0.1, 0.15) is 5.78 Å². The number of Topliss-reactive ketones (excluding diaryl/α,β-unsaturated/α-hetero) is 1. The molecule has 0 atom stereocenters. The Labute approximate surface area is 175 Å². The van der Waals surface area contributed by atoms with Crippen molar-refractivity contribution < 1.29 is 19.1 Å². The molecule has 164 valence electrons. The highest BCUT2D eigenvalue weighted by atomic mass is 16.5. The highest BCUT2D eigenvalue weighted by molar-refractivity contribution is 5.92. The highest BCUT2D eigenvalue weighted by Gasteiger charge is 2.26. The topological polar surface area (TPSA) is 84.5 Å². The van der Waals surface area contributed by atoms with E-state index >= 15 is 0 Å². The lowest BCUT2D eigenvalue weighted by Crippen LogP contribution is -2.39. The van der Waals surface area contributed by atoms with Crippen molar-refractivity contribution in [3.8, 4) is 0 Å². The smallest absolute Gasteiger partial charge is 0.246 e. The Kier molecular flexibility index (Phi) is 9.85. The maximum atomic E-state index is 12.2. The van der Waals surface area contributed by atoms with Gasteiger partial charge in [-0.25, -0.2) is 0 Å². The average Bonchev–Trinajstić information content (AvgIpc) is 2.72. The fourth-order valence-electron chi connectivity index (χ4n) is 4.31. The fourth-order valence-corrected chi connectivity index (χ4v) is 4.31. The minimum Gasteiger partial charge on any atom is -0.378 e. The molecule has 2 N–H and O–H groups in total. The number of amides is 2. The van der Waals surface area contributed by atoms with Gasteiger partial charge in [0, 0.05) is 43.0 Å². The van der Waals surface area contributed by atoms with Crippen LogP contribution in [0.2, 0.25) is 0 Å². The summed E-state index contributed by atoms with van der Waals surface area (Å²) in [6.07, 6.45) is 9.38. The molecule has 0 bridgehead atoms. The van der Waals surface area contributed by atoms with Crippen molar-refractivity contribution in [3.05, 3.63) is 12.2 Å². The van der Waals surface area contributed by atoms with Crippen molar-refractivity contribution >= 4 is 17.6 Å². The zero-order valence-corrected chi connectivity index (χ0v) is 18.1. The van der Waals surface area contributed by atoms with E-state index in [1.807, 2.05) is 6.92 Å². The van der Waals surface area contributed by atoms with Crippen LogP contribution in [0.25, 0.3) is 0 Å². The Morgan fingerprint density at radius 2 is 1.52 bits per heavy atom. The number of carbonyl (C=O) groups excluding carboxylic acids is 3. The van der Waals surface area contributed by atoms with E-state index < -0.39 is 0 Å². The number of nitrogens with one attached hydrogen (secondary N) is 2. The number of carbonyl (C=O) groups is 3. The van der Waals surface area contributed by atoms with E-state index in [9.17, 15) is 14.4 Å². The lowest BCUT2D eigenvalue weighted by atomic mass is 9.83. The van der Waals surface area contributed by atoms with E-state index in [0.717, 1.165) is 57.8 Å². The summed E-state index contributed by atoms with van der Waals surface area (Å²) in [6.45, 7) is 7.91. The molecule has 0 spiro atoms. The third kappa shape index (κ3) is 8.29. The summed E-state index contributed by atoms with van der Waals surface area (Å²) in [5.74, 6) is 0.584. The number of rotatable bonds is 10. The molecule has 0 aliphatic heterocycles. The molecular weight excluding hydrogens is 368 g/mol.